The molecule has 152 valence electrons. The lowest BCUT2D eigenvalue weighted by Gasteiger charge is -2.09. The highest BCUT2D eigenvalue weighted by Crippen LogP contribution is 2.24. The molecule has 2 heterocycles. The zero-order valence-corrected chi connectivity index (χ0v) is 17.6. The molecular formula is C23H21N3O3S. The molecule has 4 aromatic rings. The van der Waals surface area contributed by atoms with Crippen molar-refractivity contribution in [3.63, 3.8) is 0 Å². The Bertz CT molecular complexity index is 1260. The number of hydrogen-bond acceptors (Lipinski definition) is 6. The van der Waals surface area contributed by atoms with Gasteiger partial charge in [-0.25, -0.2) is 9.97 Å². The number of hydrogen-bond donors (Lipinski definition) is 0. The highest BCUT2D eigenvalue weighted by atomic mass is 32.1. The highest BCUT2D eigenvalue weighted by molar-refractivity contribution is 7.13. The molecule has 0 spiro atoms. The number of fused-ring (bicyclic) bond motifs is 1. The van der Waals surface area contributed by atoms with Gasteiger partial charge < -0.3 is 4.74 Å². The van der Waals surface area contributed by atoms with Crippen LogP contribution in [0.15, 0.2) is 58.7 Å². The van der Waals surface area contributed by atoms with Crippen LogP contribution in [0.2, 0.25) is 0 Å². The molecule has 0 saturated heterocycles. The number of nitrogens with zero attached hydrogens (tertiary/aromatic N) is 3. The maximum Gasteiger partial charge on any atom is 0.306 e. The van der Waals surface area contributed by atoms with E-state index < -0.39 is 0 Å². The van der Waals surface area contributed by atoms with Crippen LogP contribution in [-0.4, -0.2) is 20.5 Å². The van der Waals surface area contributed by atoms with Gasteiger partial charge in [0.25, 0.3) is 5.56 Å². The summed E-state index contributed by atoms with van der Waals surface area (Å²) in [5.74, 6) is 0.216. The fraction of sp³-hybridized carbons (Fsp3) is 0.217. The van der Waals surface area contributed by atoms with Crippen LogP contribution in [0.5, 0.6) is 0 Å². The van der Waals surface area contributed by atoms with Gasteiger partial charge in [-0.15, -0.1) is 11.3 Å². The topological polar surface area (TPSA) is 74.1 Å². The van der Waals surface area contributed by atoms with E-state index in [9.17, 15) is 9.59 Å². The Morgan fingerprint density at radius 3 is 2.67 bits per heavy atom. The third kappa shape index (κ3) is 4.31. The van der Waals surface area contributed by atoms with E-state index in [0.717, 1.165) is 16.3 Å². The molecule has 0 saturated carbocycles. The molecule has 0 fully saturated rings. The minimum atomic E-state index is -0.345. The molecule has 0 aliphatic carbocycles. The Morgan fingerprint density at radius 1 is 1.10 bits per heavy atom. The molecule has 0 unspecified atom stereocenters. The molecular weight excluding hydrogens is 398 g/mol. The minimum Gasteiger partial charge on any atom is -0.459 e. The fourth-order valence-corrected chi connectivity index (χ4v) is 3.94. The van der Waals surface area contributed by atoms with E-state index in [4.69, 9.17) is 4.74 Å². The van der Waals surface area contributed by atoms with Gasteiger partial charge in [0.05, 0.1) is 23.0 Å². The number of aromatic nitrogens is 3. The van der Waals surface area contributed by atoms with Crippen LogP contribution in [0.3, 0.4) is 0 Å². The van der Waals surface area contributed by atoms with Gasteiger partial charge in [0, 0.05) is 24.4 Å². The van der Waals surface area contributed by atoms with Crippen molar-refractivity contribution in [3.05, 3.63) is 81.3 Å². The average molecular weight is 420 g/mol. The van der Waals surface area contributed by atoms with Gasteiger partial charge in [-0.2, -0.15) is 0 Å². The Hall–Kier alpha value is -3.32. The number of esters is 1. The first-order valence-electron chi connectivity index (χ1n) is 9.63. The zero-order valence-electron chi connectivity index (χ0n) is 16.8. The van der Waals surface area contributed by atoms with Crippen LogP contribution in [-0.2, 0) is 29.6 Å². The van der Waals surface area contributed by atoms with E-state index in [-0.39, 0.29) is 24.6 Å². The molecule has 0 radical (unpaired) electrons. The summed E-state index contributed by atoms with van der Waals surface area (Å²) in [6, 6.07) is 15.4. The SMILES string of the molecule is Cc1ccc(-c2nc(COC(=O)CCc3nc4ccccc4c(=O)n3C)cs2)cc1. The second-order valence-electron chi connectivity index (χ2n) is 7.08. The fourth-order valence-electron chi connectivity index (χ4n) is 3.13. The Kier molecular flexibility index (Phi) is 5.72. The molecule has 0 N–H and O–H groups in total. The summed E-state index contributed by atoms with van der Waals surface area (Å²) in [6.45, 7) is 2.17. The number of para-hydroxylation sites is 1. The van der Waals surface area contributed by atoms with Crippen LogP contribution < -0.4 is 5.56 Å². The molecule has 2 aromatic heterocycles. The van der Waals surface area contributed by atoms with Crippen molar-refractivity contribution in [2.24, 2.45) is 7.05 Å². The molecule has 0 aliphatic rings. The van der Waals surface area contributed by atoms with E-state index in [1.165, 1.54) is 21.5 Å². The maximum absolute atomic E-state index is 12.4. The van der Waals surface area contributed by atoms with Crippen molar-refractivity contribution in [1.82, 2.24) is 14.5 Å². The lowest BCUT2D eigenvalue weighted by molar-refractivity contribution is -0.145. The van der Waals surface area contributed by atoms with Gasteiger partial charge in [0.1, 0.15) is 17.4 Å². The molecule has 30 heavy (non-hydrogen) atoms. The predicted octanol–water partition coefficient (Wildman–Crippen LogP) is 4.04. The smallest absolute Gasteiger partial charge is 0.306 e. The summed E-state index contributed by atoms with van der Waals surface area (Å²) in [6.07, 6.45) is 0.481. The van der Waals surface area contributed by atoms with Gasteiger partial charge in [-0.1, -0.05) is 42.0 Å². The third-order valence-electron chi connectivity index (χ3n) is 4.86. The van der Waals surface area contributed by atoms with E-state index in [1.807, 2.05) is 48.7 Å². The van der Waals surface area contributed by atoms with Crippen LogP contribution in [0.25, 0.3) is 21.5 Å². The van der Waals surface area contributed by atoms with Crippen molar-refractivity contribution >= 4 is 28.2 Å². The number of rotatable bonds is 6. The van der Waals surface area contributed by atoms with Crippen molar-refractivity contribution in [2.75, 3.05) is 0 Å². The number of benzene rings is 2. The Morgan fingerprint density at radius 2 is 1.87 bits per heavy atom. The van der Waals surface area contributed by atoms with Crippen molar-refractivity contribution in [2.45, 2.75) is 26.4 Å². The van der Waals surface area contributed by atoms with E-state index >= 15 is 0 Å². The van der Waals surface area contributed by atoms with Crippen molar-refractivity contribution in [1.29, 1.82) is 0 Å². The normalized spacial score (nSPS) is 11.0. The van der Waals surface area contributed by atoms with Gasteiger partial charge in [0.2, 0.25) is 0 Å². The molecule has 0 bridgehead atoms. The molecule has 0 atom stereocenters. The summed E-state index contributed by atoms with van der Waals surface area (Å²) in [7, 11) is 1.67. The van der Waals surface area contributed by atoms with Crippen molar-refractivity contribution in [3.8, 4) is 10.6 Å². The zero-order chi connectivity index (χ0) is 21.1. The number of ether oxygens (including phenoxy) is 1. The molecule has 2 aromatic carbocycles. The second-order valence-corrected chi connectivity index (χ2v) is 7.94. The van der Waals surface area contributed by atoms with Crippen LogP contribution in [0.4, 0.5) is 0 Å². The van der Waals surface area contributed by atoms with Crippen molar-refractivity contribution < 1.29 is 9.53 Å². The molecule has 4 rings (SSSR count). The quantitative estimate of drug-likeness (QED) is 0.441. The minimum absolute atomic E-state index is 0.116. The highest BCUT2D eigenvalue weighted by Gasteiger charge is 2.12. The van der Waals surface area contributed by atoms with E-state index in [2.05, 4.69) is 9.97 Å². The summed E-state index contributed by atoms with van der Waals surface area (Å²) in [5.41, 5.74) is 3.49. The van der Waals surface area contributed by atoms with Gasteiger partial charge in [-0.05, 0) is 19.1 Å². The number of carbonyl (C=O) groups is 1. The summed E-state index contributed by atoms with van der Waals surface area (Å²) in [4.78, 5) is 33.7. The van der Waals surface area contributed by atoms with Crippen LogP contribution in [0, 0.1) is 6.92 Å². The molecule has 7 heteroatoms. The maximum atomic E-state index is 12.4. The van der Waals surface area contributed by atoms with Gasteiger partial charge >= 0.3 is 5.97 Å². The third-order valence-corrected chi connectivity index (χ3v) is 5.80. The molecule has 0 amide bonds. The number of thiazole rings is 1. The Labute approximate surface area is 177 Å². The standard InChI is InChI=1S/C23H21N3O3S/c1-15-7-9-16(10-8-15)22-24-17(14-30-22)13-29-21(27)12-11-20-25-19-6-4-3-5-18(19)23(28)26(20)2/h3-10,14H,11-13H2,1-2H3. The first-order chi connectivity index (χ1) is 14.5. The van der Waals surface area contributed by atoms with E-state index in [0.29, 0.717) is 23.1 Å². The lowest BCUT2D eigenvalue weighted by Crippen LogP contribution is -2.23. The molecule has 6 nitrogen and oxygen atoms in total. The molecule has 0 aliphatic heterocycles. The van der Waals surface area contributed by atoms with Crippen LogP contribution >= 0.6 is 11.3 Å². The van der Waals surface area contributed by atoms with Gasteiger partial charge in [0.15, 0.2) is 0 Å². The Balaban J connectivity index is 1.36. The number of aryl methyl sites for hydroxylation is 2. The number of carbonyl (C=O) groups excluding carboxylic acids is 1. The second kappa shape index (κ2) is 8.59. The average Bonchev–Trinajstić information content (AvgIpc) is 3.23. The largest absolute Gasteiger partial charge is 0.459 e. The van der Waals surface area contributed by atoms with E-state index in [1.54, 1.807) is 19.2 Å². The summed E-state index contributed by atoms with van der Waals surface area (Å²) < 4.78 is 6.86. The first kappa shape index (κ1) is 20.0. The first-order valence-corrected chi connectivity index (χ1v) is 10.5. The van der Waals surface area contributed by atoms with Crippen LogP contribution in [0.1, 0.15) is 23.5 Å². The van der Waals surface area contributed by atoms with Gasteiger partial charge in [-0.3, -0.25) is 14.2 Å². The lowest BCUT2D eigenvalue weighted by atomic mass is 10.2. The summed E-state index contributed by atoms with van der Waals surface area (Å²) in [5, 5.41) is 3.37. The summed E-state index contributed by atoms with van der Waals surface area (Å²) >= 11 is 1.52. The monoisotopic (exact) mass is 419 g/mol. The predicted molar refractivity (Wildman–Crippen MR) is 117 cm³/mol.